The largest absolute Gasteiger partial charge is 0.488 e. The van der Waals surface area contributed by atoms with Gasteiger partial charge in [0.1, 0.15) is 6.61 Å². The molecule has 2 N–H and O–H groups in total. The van der Waals surface area contributed by atoms with Crippen molar-refractivity contribution >= 4 is 28.3 Å². The topological polar surface area (TPSA) is 68.3 Å². The molecule has 1 aromatic rings. The molecule has 5 heteroatoms. The Morgan fingerprint density at radius 1 is 1.50 bits per heavy atom. The van der Waals surface area contributed by atoms with Crippen LogP contribution in [-0.4, -0.2) is 19.3 Å². The van der Waals surface area contributed by atoms with E-state index in [-0.39, 0.29) is 6.10 Å². The zero-order chi connectivity index (χ0) is 13.0. The Hall–Kier alpha value is -1.00. The van der Waals surface area contributed by atoms with Crippen molar-refractivity contribution in [3.63, 3.8) is 0 Å². The fourth-order valence-electron chi connectivity index (χ4n) is 1.95. The molecule has 0 saturated carbocycles. The van der Waals surface area contributed by atoms with Crippen molar-refractivity contribution in [3.05, 3.63) is 21.3 Å². The first kappa shape index (κ1) is 13.4. The second-order valence-corrected chi connectivity index (χ2v) is 5.45. The van der Waals surface area contributed by atoms with Crippen LogP contribution in [0.25, 0.3) is 0 Å². The SMILES string of the molecule is N#Cc1cc(N)c(OCC2CCCCO2)c(I)c1. The van der Waals surface area contributed by atoms with Gasteiger partial charge in [0.05, 0.1) is 27.0 Å². The predicted molar refractivity (Wildman–Crippen MR) is 77.4 cm³/mol. The van der Waals surface area contributed by atoms with Gasteiger partial charge in [0.15, 0.2) is 5.75 Å². The van der Waals surface area contributed by atoms with Crippen molar-refractivity contribution in [1.82, 2.24) is 0 Å². The molecule has 1 aliphatic rings. The normalized spacial score (nSPS) is 19.2. The van der Waals surface area contributed by atoms with Crippen molar-refractivity contribution in [1.29, 1.82) is 5.26 Å². The Kier molecular flexibility index (Phi) is 4.66. The molecule has 0 aromatic heterocycles. The minimum absolute atomic E-state index is 0.157. The van der Waals surface area contributed by atoms with E-state index in [2.05, 4.69) is 28.7 Å². The lowest BCUT2D eigenvalue weighted by atomic mass is 10.1. The lowest BCUT2D eigenvalue weighted by Crippen LogP contribution is -2.26. The van der Waals surface area contributed by atoms with Crippen LogP contribution in [0.5, 0.6) is 5.75 Å². The lowest BCUT2D eigenvalue weighted by Gasteiger charge is -2.23. The minimum Gasteiger partial charge on any atom is -0.488 e. The van der Waals surface area contributed by atoms with Crippen molar-refractivity contribution in [2.24, 2.45) is 0 Å². The Balaban J connectivity index is 2.02. The first-order valence-electron chi connectivity index (χ1n) is 5.94. The maximum absolute atomic E-state index is 8.84. The summed E-state index contributed by atoms with van der Waals surface area (Å²) in [5, 5.41) is 8.84. The monoisotopic (exact) mass is 358 g/mol. The van der Waals surface area contributed by atoms with Crippen molar-refractivity contribution < 1.29 is 9.47 Å². The summed E-state index contributed by atoms with van der Waals surface area (Å²) >= 11 is 2.13. The number of nitrogens with zero attached hydrogens (tertiary/aromatic N) is 1. The number of nitriles is 1. The van der Waals surface area contributed by atoms with Crippen LogP contribution >= 0.6 is 22.6 Å². The van der Waals surface area contributed by atoms with Crippen LogP contribution < -0.4 is 10.5 Å². The maximum Gasteiger partial charge on any atom is 0.155 e. The summed E-state index contributed by atoms with van der Waals surface area (Å²) in [6.07, 6.45) is 3.51. The molecule has 0 bridgehead atoms. The van der Waals surface area contributed by atoms with Crippen LogP contribution in [0, 0.1) is 14.9 Å². The molecule has 4 nitrogen and oxygen atoms in total. The van der Waals surface area contributed by atoms with E-state index in [1.807, 2.05) is 0 Å². The first-order chi connectivity index (χ1) is 8.70. The summed E-state index contributed by atoms with van der Waals surface area (Å²) in [6.45, 7) is 1.33. The van der Waals surface area contributed by atoms with Crippen LogP contribution in [-0.2, 0) is 4.74 Å². The molecule has 1 fully saturated rings. The van der Waals surface area contributed by atoms with Gasteiger partial charge in [0.25, 0.3) is 0 Å². The van der Waals surface area contributed by atoms with E-state index < -0.39 is 0 Å². The molecule has 1 unspecified atom stereocenters. The van der Waals surface area contributed by atoms with Crippen LogP contribution in [0.4, 0.5) is 5.69 Å². The molecule has 18 heavy (non-hydrogen) atoms. The van der Waals surface area contributed by atoms with Gasteiger partial charge in [-0.2, -0.15) is 5.26 Å². The smallest absolute Gasteiger partial charge is 0.155 e. The Bertz CT molecular complexity index is 442. The summed E-state index contributed by atoms with van der Waals surface area (Å²) in [7, 11) is 0. The quantitative estimate of drug-likeness (QED) is 0.666. The van der Waals surface area contributed by atoms with Gasteiger partial charge < -0.3 is 15.2 Å². The second-order valence-electron chi connectivity index (χ2n) is 4.29. The van der Waals surface area contributed by atoms with Crippen molar-refractivity contribution in [2.45, 2.75) is 25.4 Å². The number of halogens is 1. The Morgan fingerprint density at radius 3 is 2.94 bits per heavy atom. The van der Waals surface area contributed by atoms with Crippen LogP contribution in [0.15, 0.2) is 12.1 Å². The summed E-state index contributed by atoms with van der Waals surface area (Å²) in [4.78, 5) is 0. The maximum atomic E-state index is 8.84. The highest BCUT2D eigenvalue weighted by molar-refractivity contribution is 14.1. The lowest BCUT2D eigenvalue weighted by molar-refractivity contribution is -0.0110. The number of nitrogens with two attached hydrogens (primary N) is 1. The number of hydrogen-bond donors (Lipinski definition) is 1. The molecule has 1 aromatic carbocycles. The standard InChI is InChI=1S/C13H15IN2O2/c14-11-5-9(7-15)6-12(16)13(11)18-8-10-3-1-2-4-17-10/h5-6,10H,1-4,8,16H2. The van der Waals surface area contributed by atoms with Gasteiger partial charge in [0.2, 0.25) is 0 Å². The summed E-state index contributed by atoms with van der Waals surface area (Å²) in [5.74, 6) is 0.656. The van der Waals surface area contributed by atoms with Crippen molar-refractivity contribution in [3.8, 4) is 11.8 Å². The first-order valence-corrected chi connectivity index (χ1v) is 7.02. The fraction of sp³-hybridized carbons (Fsp3) is 0.462. The van der Waals surface area contributed by atoms with Crippen LogP contribution in [0.1, 0.15) is 24.8 Å². The van der Waals surface area contributed by atoms with Crippen LogP contribution in [0.2, 0.25) is 0 Å². The zero-order valence-corrected chi connectivity index (χ0v) is 12.1. The number of rotatable bonds is 3. The van der Waals surface area contributed by atoms with Crippen LogP contribution in [0.3, 0.4) is 0 Å². The highest BCUT2D eigenvalue weighted by Crippen LogP contribution is 2.30. The average molecular weight is 358 g/mol. The minimum atomic E-state index is 0.157. The van der Waals surface area contributed by atoms with Gasteiger partial charge in [-0.1, -0.05) is 0 Å². The van der Waals surface area contributed by atoms with E-state index in [0.717, 1.165) is 23.0 Å². The molecule has 96 valence electrons. The van der Waals surface area contributed by atoms with Gasteiger partial charge in [-0.15, -0.1) is 0 Å². The molecule has 0 aliphatic carbocycles. The van der Waals surface area contributed by atoms with Gasteiger partial charge in [-0.25, -0.2) is 0 Å². The fourth-order valence-corrected chi connectivity index (χ4v) is 2.75. The number of nitrogen functional groups attached to an aromatic ring is 1. The zero-order valence-electron chi connectivity index (χ0n) is 9.99. The Morgan fingerprint density at radius 2 is 2.33 bits per heavy atom. The summed E-state index contributed by atoms with van der Waals surface area (Å²) < 4.78 is 12.2. The molecule has 1 saturated heterocycles. The number of hydrogen-bond acceptors (Lipinski definition) is 4. The molecule has 0 radical (unpaired) electrons. The molecule has 1 aliphatic heterocycles. The molecule has 1 heterocycles. The molecule has 2 rings (SSSR count). The summed E-state index contributed by atoms with van der Waals surface area (Å²) in [5.41, 5.74) is 6.95. The van der Waals surface area contributed by atoms with E-state index in [1.165, 1.54) is 6.42 Å². The van der Waals surface area contributed by atoms with E-state index >= 15 is 0 Å². The van der Waals surface area contributed by atoms with E-state index in [1.54, 1.807) is 12.1 Å². The predicted octanol–water partition coefficient (Wildman–Crippen LogP) is 2.69. The number of anilines is 1. The number of ether oxygens (including phenoxy) is 2. The third-order valence-corrected chi connectivity index (χ3v) is 3.69. The molecule has 0 amide bonds. The molecule has 1 atom stereocenters. The van der Waals surface area contributed by atoms with E-state index in [0.29, 0.717) is 23.6 Å². The van der Waals surface area contributed by atoms with Gasteiger partial charge >= 0.3 is 0 Å². The van der Waals surface area contributed by atoms with Crippen molar-refractivity contribution in [2.75, 3.05) is 18.9 Å². The number of benzene rings is 1. The van der Waals surface area contributed by atoms with E-state index in [9.17, 15) is 0 Å². The summed E-state index contributed by atoms with van der Waals surface area (Å²) in [6, 6.07) is 5.49. The van der Waals surface area contributed by atoms with E-state index in [4.69, 9.17) is 20.5 Å². The van der Waals surface area contributed by atoms with Gasteiger partial charge in [-0.05, 0) is 54.0 Å². The molecular weight excluding hydrogens is 343 g/mol. The highest BCUT2D eigenvalue weighted by Gasteiger charge is 2.16. The highest BCUT2D eigenvalue weighted by atomic mass is 127. The van der Waals surface area contributed by atoms with Gasteiger partial charge in [0, 0.05) is 6.61 Å². The Labute approximate surface area is 120 Å². The average Bonchev–Trinajstić information content (AvgIpc) is 2.38. The molecular formula is C13H15IN2O2. The molecule has 0 spiro atoms. The second kappa shape index (κ2) is 6.25. The third-order valence-electron chi connectivity index (χ3n) is 2.89. The van der Waals surface area contributed by atoms with Gasteiger partial charge in [-0.3, -0.25) is 0 Å². The third kappa shape index (κ3) is 3.27.